The molecule has 0 spiro atoms. The van der Waals surface area contributed by atoms with E-state index in [0.29, 0.717) is 6.42 Å². The molecule has 0 atom stereocenters. The molecule has 0 saturated heterocycles. The van der Waals surface area contributed by atoms with E-state index in [-0.39, 0.29) is 11.2 Å². The second kappa shape index (κ2) is 4.08. The molecule has 1 aliphatic rings. The molecule has 0 bridgehead atoms. The monoisotopic (exact) mass is 216 g/mol. The molecule has 0 amide bonds. The predicted molar refractivity (Wildman–Crippen MR) is 64.0 cm³/mol. The van der Waals surface area contributed by atoms with E-state index in [0.717, 1.165) is 17.8 Å². The second-order valence-electron chi connectivity index (χ2n) is 5.01. The van der Waals surface area contributed by atoms with Crippen LogP contribution in [0.2, 0.25) is 0 Å². The largest absolute Gasteiger partial charge is 0.359 e. The van der Waals surface area contributed by atoms with Crippen molar-refractivity contribution in [3.8, 4) is 0 Å². The number of nitrogens with zero attached hydrogens (tertiary/aromatic N) is 1. The molecule has 3 heteroatoms. The van der Waals surface area contributed by atoms with Crippen molar-refractivity contribution in [2.24, 2.45) is 5.41 Å². The molecule has 3 nitrogen and oxygen atoms in total. The molecule has 1 aliphatic carbocycles. The number of allylic oxidation sites excluding steroid dienone is 2. The molecule has 0 saturated carbocycles. The van der Waals surface area contributed by atoms with Crippen LogP contribution >= 0.6 is 0 Å². The zero-order chi connectivity index (χ0) is 11.6. The summed E-state index contributed by atoms with van der Waals surface area (Å²) in [5.74, 6) is 0.202. The zero-order valence-corrected chi connectivity index (χ0v) is 9.66. The summed E-state index contributed by atoms with van der Waals surface area (Å²) in [6, 6.07) is 3.79. The summed E-state index contributed by atoms with van der Waals surface area (Å²) in [5, 5.41) is 3.27. The van der Waals surface area contributed by atoms with E-state index in [2.05, 4.69) is 24.1 Å². The Morgan fingerprint density at radius 2 is 1.94 bits per heavy atom. The Hall–Kier alpha value is -1.64. The van der Waals surface area contributed by atoms with E-state index in [1.165, 1.54) is 0 Å². The first-order valence-corrected chi connectivity index (χ1v) is 5.46. The number of ketones is 1. The third-order valence-electron chi connectivity index (χ3n) is 2.64. The van der Waals surface area contributed by atoms with E-state index in [1.807, 2.05) is 12.1 Å². The number of pyridine rings is 1. The maximum atomic E-state index is 11.6. The van der Waals surface area contributed by atoms with Gasteiger partial charge in [-0.3, -0.25) is 9.78 Å². The number of rotatable bonds is 2. The van der Waals surface area contributed by atoms with Gasteiger partial charge < -0.3 is 5.32 Å². The highest BCUT2D eigenvalue weighted by molar-refractivity contribution is 5.92. The van der Waals surface area contributed by atoms with Gasteiger partial charge in [0.05, 0.1) is 0 Å². The number of nitrogens with one attached hydrogen (secondary N) is 1. The average Bonchev–Trinajstić information content (AvgIpc) is 2.15. The number of carbonyl (C=O) groups is 1. The van der Waals surface area contributed by atoms with Gasteiger partial charge in [0.1, 0.15) is 0 Å². The molecule has 16 heavy (non-hydrogen) atoms. The molecule has 84 valence electrons. The van der Waals surface area contributed by atoms with Gasteiger partial charge in [0.25, 0.3) is 0 Å². The summed E-state index contributed by atoms with van der Waals surface area (Å²) >= 11 is 0. The van der Waals surface area contributed by atoms with Gasteiger partial charge in [-0.05, 0) is 24.0 Å². The molecule has 1 aromatic heterocycles. The van der Waals surface area contributed by atoms with Gasteiger partial charge in [0, 0.05) is 36.3 Å². The fourth-order valence-electron chi connectivity index (χ4n) is 2.05. The maximum absolute atomic E-state index is 11.6. The normalized spacial score (nSPS) is 19.1. The lowest BCUT2D eigenvalue weighted by Crippen LogP contribution is -2.24. The van der Waals surface area contributed by atoms with Crippen molar-refractivity contribution in [2.75, 3.05) is 5.32 Å². The first-order chi connectivity index (χ1) is 7.55. The molecule has 0 radical (unpaired) electrons. The lowest BCUT2D eigenvalue weighted by molar-refractivity contribution is -0.117. The van der Waals surface area contributed by atoms with Gasteiger partial charge >= 0.3 is 0 Å². The highest BCUT2D eigenvalue weighted by Gasteiger charge is 2.27. The average molecular weight is 216 g/mol. The summed E-state index contributed by atoms with van der Waals surface area (Å²) in [6.07, 6.45) is 6.72. The highest BCUT2D eigenvalue weighted by Crippen LogP contribution is 2.33. The van der Waals surface area contributed by atoms with Crippen LogP contribution in [0.1, 0.15) is 26.7 Å². The molecular formula is C13H16N2O. The van der Waals surface area contributed by atoms with Gasteiger partial charge in [-0.25, -0.2) is 0 Å². The molecule has 0 unspecified atom stereocenters. The lowest BCUT2D eigenvalue weighted by Gasteiger charge is -2.29. The highest BCUT2D eigenvalue weighted by atomic mass is 16.1. The maximum Gasteiger partial charge on any atom is 0.157 e. The first kappa shape index (κ1) is 10.9. The van der Waals surface area contributed by atoms with Gasteiger partial charge in [-0.15, -0.1) is 0 Å². The quantitative estimate of drug-likeness (QED) is 0.826. The Morgan fingerprint density at radius 1 is 1.25 bits per heavy atom. The molecular weight excluding hydrogens is 200 g/mol. The van der Waals surface area contributed by atoms with E-state index in [1.54, 1.807) is 18.5 Å². The van der Waals surface area contributed by atoms with E-state index < -0.39 is 0 Å². The van der Waals surface area contributed by atoms with Crippen LogP contribution in [0.15, 0.2) is 36.3 Å². The summed E-state index contributed by atoms with van der Waals surface area (Å²) in [7, 11) is 0. The van der Waals surface area contributed by atoms with Crippen LogP contribution in [0, 0.1) is 5.41 Å². The lowest BCUT2D eigenvalue weighted by atomic mass is 9.79. The fourth-order valence-corrected chi connectivity index (χ4v) is 2.05. The number of hydrogen-bond donors (Lipinski definition) is 1. The van der Waals surface area contributed by atoms with Gasteiger partial charge in [-0.2, -0.15) is 0 Å². The number of hydrogen-bond acceptors (Lipinski definition) is 3. The van der Waals surface area contributed by atoms with Crippen LogP contribution in [0.5, 0.6) is 0 Å². The van der Waals surface area contributed by atoms with Crippen molar-refractivity contribution in [1.29, 1.82) is 0 Å². The summed E-state index contributed by atoms with van der Waals surface area (Å²) < 4.78 is 0. The van der Waals surface area contributed by atoms with Crippen LogP contribution in [-0.2, 0) is 4.79 Å². The fraction of sp³-hybridized carbons (Fsp3) is 0.385. The molecule has 1 aromatic rings. The number of carbonyl (C=O) groups excluding carboxylic acids is 1. The Kier molecular flexibility index (Phi) is 2.77. The van der Waals surface area contributed by atoms with Crippen molar-refractivity contribution >= 4 is 11.5 Å². The molecule has 0 fully saturated rings. The van der Waals surface area contributed by atoms with Crippen LogP contribution in [0.3, 0.4) is 0 Å². The predicted octanol–water partition coefficient (Wildman–Crippen LogP) is 2.77. The van der Waals surface area contributed by atoms with Crippen LogP contribution < -0.4 is 5.32 Å². The first-order valence-electron chi connectivity index (χ1n) is 5.46. The topological polar surface area (TPSA) is 42.0 Å². The van der Waals surface area contributed by atoms with Crippen molar-refractivity contribution < 1.29 is 4.79 Å². The van der Waals surface area contributed by atoms with Crippen molar-refractivity contribution in [1.82, 2.24) is 4.98 Å². The van der Waals surface area contributed by atoms with Crippen LogP contribution in [-0.4, -0.2) is 10.8 Å². The van der Waals surface area contributed by atoms with E-state index >= 15 is 0 Å². The smallest absolute Gasteiger partial charge is 0.157 e. The Labute approximate surface area is 95.6 Å². The van der Waals surface area contributed by atoms with Gasteiger partial charge in [0.2, 0.25) is 0 Å². The van der Waals surface area contributed by atoms with Crippen molar-refractivity contribution in [2.45, 2.75) is 26.7 Å². The Bertz CT molecular complexity index is 421. The van der Waals surface area contributed by atoms with Gasteiger partial charge in [-0.1, -0.05) is 13.8 Å². The van der Waals surface area contributed by atoms with E-state index in [9.17, 15) is 4.79 Å². The Balaban J connectivity index is 2.14. The van der Waals surface area contributed by atoms with Crippen molar-refractivity contribution in [3.63, 3.8) is 0 Å². The minimum absolute atomic E-state index is 0.0567. The molecule has 1 N–H and O–H groups in total. The second-order valence-corrected chi connectivity index (χ2v) is 5.01. The molecule has 0 aliphatic heterocycles. The van der Waals surface area contributed by atoms with Crippen LogP contribution in [0.4, 0.5) is 5.69 Å². The molecule has 0 aromatic carbocycles. The third kappa shape index (κ3) is 2.69. The van der Waals surface area contributed by atoms with Gasteiger partial charge in [0.15, 0.2) is 5.78 Å². The third-order valence-corrected chi connectivity index (χ3v) is 2.64. The molecule has 2 rings (SSSR count). The van der Waals surface area contributed by atoms with Crippen LogP contribution in [0.25, 0.3) is 0 Å². The van der Waals surface area contributed by atoms with Crippen molar-refractivity contribution in [3.05, 3.63) is 36.3 Å². The standard InChI is InChI=1S/C13H16N2O/c1-13(2)8-11(7-12(16)9-13)15-10-3-5-14-6-4-10/h3-7H,8-9H2,1-2H3,(H,14,15). The summed E-state index contributed by atoms with van der Waals surface area (Å²) in [4.78, 5) is 15.5. The minimum Gasteiger partial charge on any atom is -0.359 e. The number of anilines is 1. The molecule has 1 heterocycles. The minimum atomic E-state index is 0.0567. The zero-order valence-electron chi connectivity index (χ0n) is 9.66. The van der Waals surface area contributed by atoms with E-state index in [4.69, 9.17) is 0 Å². The summed E-state index contributed by atoms with van der Waals surface area (Å²) in [6.45, 7) is 4.23. The Morgan fingerprint density at radius 3 is 2.56 bits per heavy atom. The number of aromatic nitrogens is 1. The summed E-state index contributed by atoms with van der Waals surface area (Å²) in [5.41, 5.74) is 2.03. The SMILES string of the molecule is CC1(C)CC(=O)C=C(Nc2ccncc2)C1.